The lowest BCUT2D eigenvalue weighted by atomic mass is 9.88. The Labute approximate surface area is 194 Å². The van der Waals surface area contributed by atoms with E-state index in [0.29, 0.717) is 17.9 Å². The van der Waals surface area contributed by atoms with Crippen molar-refractivity contribution in [3.8, 4) is 11.5 Å². The van der Waals surface area contributed by atoms with Crippen molar-refractivity contribution in [2.75, 3.05) is 7.05 Å². The van der Waals surface area contributed by atoms with Crippen LogP contribution >= 0.6 is 0 Å². The summed E-state index contributed by atoms with van der Waals surface area (Å²) in [6.45, 7) is 0. The zero-order valence-corrected chi connectivity index (χ0v) is 18.3. The van der Waals surface area contributed by atoms with Crippen molar-refractivity contribution in [1.82, 2.24) is 15.6 Å². The fraction of sp³-hybridized carbons (Fsp3) is 0.240. The molecule has 3 aromatic rings. The molecule has 9 heteroatoms. The fourth-order valence-corrected chi connectivity index (χ4v) is 3.86. The molecule has 0 fully saturated rings. The first-order chi connectivity index (χ1) is 16.2. The number of alkyl halides is 3. The molecule has 0 spiro atoms. The molecule has 4 rings (SSSR count). The molecule has 2 aromatic carbocycles. The van der Waals surface area contributed by atoms with Crippen LogP contribution in [-0.4, -0.2) is 29.9 Å². The van der Waals surface area contributed by atoms with Gasteiger partial charge in [-0.15, -0.1) is 0 Å². The van der Waals surface area contributed by atoms with E-state index in [1.165, 1.54) is 25.4 Å². The molecule has 1 aliphatic carbocycles. The number of carbonyl (C=O) groups excluding carboxylic acids is 2. The minimum atomic E-state index is -4.44. The van der Waals surface area contributed by atoms with Crippen molar-refractivity contribution in [3.05, 3.63) is 88.7 Å². The highest BCUT2D eigenvalue weighted by molar-refractivity contribution is 5.94. The van der Waals surface area contributed by atoms with E-state index in [0.717, 1.165) is 36.1 Å². The van der Waals surface area contributed by atoms with E-state index in [1.807, 2.05) is 18.2 Å². The van der Waals surface area contributed by atoms with E-state index in [-0.39, 0.29) is 23.2 Å². The largest absolute Gasteiger partial charge is 0.457 e. The van der Waals surface area contributed by atoms with E-state index in [1.54, 1.807) is 12.1 Å². The van der Waals surface area contributed by atoms with E-state index in [9.17, 15) is 22.8 Å². The standard InChI is InChI=1S/C25H22F3N3O3/c1-29-24(33)22-14-21(10-11-30-22)34-20-9-5-15-4-8-19(12-17(15)13-20)31-23(32)16-2-6-18(7-3-16)25(26,27)28/h2-3,5-7,9-11,13-14,19H,4,8,12H2,1H3,(H,29,33)(H,31,32). The minimum absolute atomic E-state index is 0.154. The van der Waals surface area contributed by atoms with Gasteiger partial charge in [0.2, 0.25) is 0 Å². The zero-order valence-electron chi connectivity index (χ0n) is 18.3. The van der Waals surface area contributed by atoms with Crippen LogP contribution in [0.2, 0.25) is 0 Å². The molecule has 1 aromatic heterocycles. The molecule has 1 heterocycles. The second-order valence-corrected chi connectivity index (χ2v) is 7.98. The molecular formula is C25H22F3N3O3. The zero-order chi connectivity index (χ0) is 24.3. The summed E-state index contributed by atoms with van der Waals surface area (Å²) in [5.74, 6) is 0.328. The van der Waals surface area contributed by atoms with Crippen molar-refractivity contribution in [3.63, 3.8) is 0 Å². The monoisotopic (exact) mass is 469 g/mol. The molecule has 1 aliphatic rings. The predicted molar refractivity (Wildman–Crippen MR) is 119 cm³/mol. The van der Waals surface area contributed by atoms with Gasteiger partial charge in [-0.3, -0.25) is 14.6 Å². The number of aryl methyl sites for hydroxylation is 1. The maximum Gasteiger partial charge on any atom is 0.416 e. The van der Waals surface area contributed by atoms with Gasteiger partial charge in [-0.05, 0) is 72.9 Å². The Morgan fingerprint density at radius 1 is 0.971 bits per heavy atom. The number of fused-ring (bicyclic) bond motifs is 1. The number of hydrogen-bond donors (Lipinski definition) is 2. The average Bonchev–Trinajstić information content (AvgIpc) is 2.83. The number of nitrogens with one attached hydrogen (secondary N) is 2. The van der Waals surface area contributed by atoms with E-state index in [2.05, 4.69) is 15.6 Å². The van der Waals surface area contributed by atoms with Crippen LogP contribution in [-0.2, 0) is 19.0 Å². The van der Waals surface area contributed by atoms with Crippen molar-refractivity contribution in [1.29, 1.82) is 0 Å². The van der Waals surface area contributed by atoms with Crippen molar-refractivity contribution >= 4 is 11.8 Å². The minimum Gasteiger partial charge on any atom is -0.457 e. The van der Waals surface area contributed by atoms with Crippen LogP contribution in [0.4, 0.5) is 13.2 Å². The lowest BCUT2D eigenvalue weighted by Crippen LogP contribution is -2.38. The number of nitrogens with zero attached hydrogens (tertiary/aromatic N) is 1. The summed E-state index contributed by atoms with van der Waals surface area (Å²) < 4.78 is 44.1. The molecular weight excluding hydrogens is 447 g/mol. The molecule has 176 valence electrons. The van der Waals surface area contributed by atoms with Gasteiger partial charge in [-0.2, -0.15) is 13.2 Å². The van der Waals surface area contributed by atoms with Crippen molar-refractivity contribution < 1.29 is 27.5 Å². The van der Waals surface area contributed by atoms with Gasteiger partial charge in [-0.1, -0.05) is 6.07 Å². The summed E-state index contributed by atoms with van der Waals surface area (Å²) in [6.07, 6.45) is -0.908. The van der Waals surface area contributed by atoms with Gasteiger partial charge in [0.15, 0.2) is 0 Å². The number of rotatable bonds is 5. The molecule has 2 N–H and O–H groups in total. The van der Waals surface area contributed by atoms with Gasteiger partial charge < -0.3 is 15.4 Å². The van der Waals surface area contributed by atoms with E-state index in [4.69, 9.17) is 4.74 Å². The van der Waals surface area contributed by atoms with Crippen LogP contribution in [0.3, 0.4) is 0 Å². The lowest BCUT2D eigenvalue weighted by Gasteiger charge is -2.26. The molecule has 0 saturated carbocycles. The maximum atomic E-state index is 12.7. The average molecular weight is 469 g/mol. The van der Waals surface area contributed by atoms with Crippen LogP contribution in [0.25, 0.3) is 0 Å². The predicted octanol–water partition coefficient (Wildman–Crippen LogP) is 4.54. The number of halogens is 3. The lowest BCUT2D eigenvalue weighted by molar-refractivity contribution is -0.137. The van der Waals surface area contributed by atoms with Gasteiger partial charge in [0.1, 0.15) is 17.2 Å². The summed E-state index contributed by atoms with van der Waals surface area (Å²) >= 11 is 0. The molecule has 0 aliphatic heterocycles. The summed E-state index contributed by atoms with van der Waals surface area (Å²) in [4.78, 5) is 28.3. The van der Waals surface area contributed by atoms with Crippen LogP contribution in [0, 0.1) is 0 Å². The van der Waals surface area contributed by atoms with Gasteiger partial charge in [-0.25, -0.2) is 0 Å². The second-order valence-electron chi connectivity index (χ2n) is 7.98. The number of carbonyl (C=O) groups is 2. The number of benzene rings is 2. The highest BCUT2D eigenvalue weighted by atomic mass is 19.4. The Kier molecular flexibility index (Phi) is 6.54. The Bertz CT molecular complexity index is 1210. The Hall–Kier alpha value is -3.88. The quantitative estimate of drug-likeness (QED) is 0.575. The summed E-state index contributed by atoms with van der Waals surface area (Å²) in [7, 11) is 1.52. The van der Waals surface area contributed by atoms with Gasteiger partial charge in [0.25, 0.3) is 11.8 Å². The van der Waals surface area contributed by atoms with Crippen LogP contribution < -0.4 is 15.4 Å². The molecule has 34 heavy (non-hydrogen) atoms. The summed E-state index contributed by atoms with van der Waals surface area (Å²) in [6, 6.07) is 12.9. The first kappa shape index (κ1) is 23.3. The fourth-order valence-electron chi connectivity index (χ4n) is 3.86. The smallest absolute Gasteiger partial charge is 0.416 e. The van der Waals surface area contributed by atoms with Crippen LogP contribution in [0.15, 0.2) is 60.8 Å². The first-order valence-electron chi connectivity index (χ1n) is 10.7. The van der Waals surface area contributed by atoms with Crippen molar-refractivity contribution in [2.24, 2.45) is 0 Å². The third-order valence-corrected chi connectivity index (χ3v) is 5.64. The summed E-state index contributed by atoms with van der Waals surface area (Å²) in [5.41, 5.74) is 1.79. The molecule has 6 nitrogen and oxygen atoms in total. The number of aromatic nitrogens is 1. The van der Waals surface area contributed by atoms with Crippen molar-refractivity contribution in [2.45, 2.75) is 31.5 Å². The van der Waals surface area contributed by atoms with E-state index < -0.39 is 17.6 Å². The Morgan fingerprint density at radius 2 is 1.71 bits per heavy atom. The number of hydrogen-bond acceptors (Lipinski definition) is 4. The highest BCUT2D eigenvalue weighted by Gasteiger charge is 2.30. The normalized spacial score (nSPS) is 15.2. The number of pyridine rings is 1. The topological polar surface area (TPSA) is 80.3 Å². The number of ether oxygens (including phenoxy) is 1. The third-order valence-electron chi connectivity index (χ3n) is 5.64. The van der Waals surface area contributed by atoms with E-state index >= 15 is 0 Å². The molecule has 2 amide bonds. The SMILES string of the molecule is CNC(=O)c1cc(Oc2ccc3c(c2)CC(NC(=O)c2ccc(C(F)(F)F)cc2)CC3)ccn1. The van der Waals surface area contributed by atoms with Gasteiger partial charge in [0, 0.05) is 30.9 Å². The Morgan fingerprint density at radius 3 is 2.41 bits per heavy atom. The highest BCUT2D eigenvalue weighted by Crippen LogP contribution is 2.30. The molecule has 0 bridgehead atoms. The first-order valence-corrected chi connectivity index (χ1v) is 10.7. The molecule has 0 radical (unpaired) electrons. The van der Waals surface area contributed by atoms with Gasteiger partial charge >= 0.3 is 6.18 Å². The summed E-state index contributed by atoms with van der Waals surface area (Å²) in [5, 5.41) is 5.43. The molecule has 0 saturated heterocycles. The maximum absolute atomic E-state index is 12.7. The van der Waals surface area contributed by atoms with Gasteiger partial charge in [0.05, 0.1) is 5.56 Å². The Balaban J connectivity index is 1.42. The molecule has 1 atom stereocenters. The molecule has 1 unspecified atom stereocenters. The number of amides is 2. The second kappa shape index (κ2) is 9.54. The third kappa shape index (κ3) is 5.36. The van der Waals surface area contributed by atoms with Crippen LogP contribution in [0.5, 0.6) is 11.5 Å². The van der Waals surface area contributed by atoms with Crippen LogP contribution in [0.1, 0.15) is 44.0 Å².